The molecule has 0 spiro atoms. The number of carbonyl (C=O) groups excluding carboxylic acids is 2. The molecule has 0 aliphatic carbocycles. The molecular weight excluding hydrogens is 418 g/mol. The van der Waals surface area contributed by atoms with Crippen molar-refractivity contribution in [2.75, 3.05) is 6.54 Å². The van der Waals surface area contributed by atoms with E-state index in [1.54, 1.807) is 6.92 Å². The Labute approximate surface area is 175 Å². The van der Waals surface area contributed by atoms with Gasteiger partial charge < -0.3 is 20.2 Å². The number of rotatable bonds is 3. The minimum atomic E-state index is -1.14. The molecule has 3 aliphatic heterocycles. The fraction of sp³-hybridized carbons (Fsp3) is 0.333. The van der Waals surface area contributed by atoms with E-state index < -0.39 is 59.3 Å². The lowest BCUT2D eigenvalue weighted by atomic mass is 9.99. The van der Waals surface area contributed by atoms with Crippen molar-refractivity contribution in [2.24, 2.45) is 0 Å². The second-order valence-electron chi connectivity index (χ2n) is 7.73. The van der Waals surface area contributed by atoms with Crippen LogP contribution >= 0.6 is 0 Å². The van der Waals surface area contributed by atoms with E-state index in [-0.39, 0.29) is 36.4 Å². The first-order valence-electron chi connectivity index (χ1n) is 9.65. The van der Waals surface area contributed by atoms with Gasteiger partial charge >= 0.3 is 0 Å². The topological polar surface area (TPSA) is 72.9 Å². The molecule has 1 saturated heterocycles. The van der Waals surface area contributed by atoms with E-state index in [1.807, 2.05) is 0 Å². The highest BCUT2D eigenvalue weighted by Crippen LogP contribution is 2.36. The van der Waals surface area contributed by atoms with E-state index in [0.717, 1.165) is 0 Å². The largest absolute Gasteiger partial charge is 0.510 e. The summed E-state index contributed by atoms with van der Waals surface area (Å²) >= 11 is 0. The predicted molar refractivity (Wildman–Crippen MR) is 101 cm³/mol. The summed E-state index contributed by atoms with van der Waals surface area (Å²) in [6, 6.07) is 0.0112. The molecule has 1 aromatic rings. The number of amides is 2. The maximum atomic E-state index is 14.2. The number of hydrogen-bond donors (Lipinski definition) is 2. The molecule has 3 aliphatic rings. The molecular formula is C21H19F4N3O3. The summed E-state index contributed by atoms with van der Waals surface area (Å²) in [5.74, 6) is -5.32. The highest BCUT2D eigenvalue weighted by Gasteiger charge is 2.43. The lowest BCUT2D eigenvalue weighted by Crippen LogP contribution is -2.55. The van der Waals surface area contributed by atoms with E-state index in [2.05, 4.69) is 5.32 Å². The minimum Gasteiger partial charge on any atom is -0.510 e. The van der Waals surface area contributed by atoms with Gasteiger partial charge in [0, 0.05) is 55.4 Å². The number of hydrogen-bond acceptors (Lipinski definition) is 4. The first kappa shape index (κ1) is 21.0. The number of aliphatic hydroxyl groups is 1. The standard InChI is InChI=1S/C21H19F4N3O3/c1-10-2-12(22)4-14-9-27(10)21(31)19-18(29)3-11(8-28(14)19)20(30)26-7-15-16(24)5-13(23)6-17(15)25/h2,5-6,8,10,14,29H,3-4,7,9H2,1H3,(H,26,30). The van der Waals surface area contributed by atoms with Crippen LogP contribution in [0.15, 0.2) is 47.3 Å². The zero-order valence-corrected chi connectivity index (χ0v) is 16.5. The quantitative estimate of drug-likeness (QED) is 0.714. The van der Waals surface area contributed by atoms with E-state index in [4.69, 9.17) is 0 Å². The molecule has 0 aromatic heterocycles. The number of carbonyl (C=O) groups is 2. The molecule has 1 fully saturated rings. The van der Waals surface area contributed by atoms with Crippen molar-refractivity contribution in [1.82, 2.24) is 15.1 Å². The summed E-state index contributed by atoms with van der Waals surface area (Å²) in [4.78, 5) is 28.2. The van der Waals surface area contributed by atoms with Crippen molar-refractivity contribution >= 4 is 11.8 Å². The van der Waals surface area contributed by atoms with Gasteiger partial charge in [0.05, 0.1) is 12.1 Å². The van der Waals surface area contributed by atoms with Crippen molar-refractivity contribution in [2.45, 2.75) is 38.4 Å². The summed E-state index contributed by atoms with van der Waals surface area (Å²) < 4.78 is 54.8. The second-order valence-corrected chi connectivity index (χ2v) is 7.73. The average Bonchev–Trinajstić information content (AvgIpc) is 2.81. The van der Waals surface area contributed by atoms with Gasteiger partial charge in [-0.2, -0.15) is 0 Å². The third-order valence-corrected chi connectivity index (χ3v) is 5.62. The number of fused-ring (bicyclic) bond motifs is 4. The van der Waals surface area contributed by atoms with Gasteiger partial charge in [0.15, 0.2) is 0 Å². The van der Waals surface area contributed by atoms with Crippen LogP contribution in [0.1, 0.15) is 25.3 Å². The Morgan fingerprint density at radius 1 is 1.23 bits per heavy atom. The highest BCUT2D eigenvalue weighted by molar-refractivity contribution is 5.98. The fourth-order valence-corrected chi connectivity index (χ4v) is 4.07. The van der Waals surface area contributed by atoms with Crippen molar-refractivity contribution < 1.29 is 32.3 Å². The fourth-order valence-electron chi connectivity index (χ4n) is 4.07. The lowest BCUT2D eigenvalue weighted by Gasteiger charge is -2.44. The molecule has 2 bridgehead atoms. The zero-order valence-electron chi connectivity index (χ0n) is 16.5. The molecule has 0 radical (unpaired) electrons. The van der Waals surface area contributed by atoms with Gasteiger partial charge in [-0.1, -0.05) is 0 Å². The van der Waals surface area contributed by atoms with E-state index in [1.165, 1.54) is 22.1 Å². The molecule has 31 heavy (non-hydrogen) atoms. The van der Waals surface area contributed by atoms with Crippen LogP contribution in [0.5, 0.6) is 0 Å². The molecule has 6 nitrogen and oxygen atoms in total. The minimum absolute atomic E-state index is 0.0116. The van der Waals surface area contributed by atoms with Gasteiger partial charge in [-0.05, 0) is 13.0 Å². The van der Waals surface area contributed by atoms with E-state index in [0.29, 0.717) is 12.1 Å². The third kappa shape index (κ3) is 3.77. The van der Waals surface area contributed by atoms with Crippen LogP contribution in [0.4, 0.5) is 17.6 Å². The second kappa shape index (κ2) is 7.75. The summed E-state index contributed by atoms with van der Waals surface area (Å²) in [6.07, 6.45) is 2.41. The summed E-state index contributed by atoms with van der Waals surface area (Å²) in [5.41, 5.74) is -0.495. The number of nitrogens with zero attached hydrogens (tertiary/aromatic N) is 2. The summed E-state index contributed by atoms with van der Waals surface area (Å²) in [7, 11) is 0. The first-order chi connectivity index (χ1) is 14.7. The first-order valence-corrected chi connectivity index (χ1v) is 9.65. The summed E-state index contributed by atoms with van der Waals surface area (Å²) in [6.45, 7) is 1.34. The van der Waals surface area contributed by atoms with E-state index in [9.17, 15) is 32.3 Å². The lowest BCUT2D eigenvalue weighted by molar-refractivity contribution is -0.134. The van der Waals surface area contributed by atoms with Gasteiger partial charge in [0.25, 0.3) is 5.91 Å². The van der Waals surface area contributed by atoms with Gasteiger partial charge in [0.1, 0.15) is 34.7 Å². The van der Waals surface area contributed by atoms with Gasteiger partial charge in [-0.25, -0.2) is 17.6 Å². The molecule has 10 heteroatoms. The molecule has 2 N–H and O–H groups in total. The summed E-state index contributed by atoms with van der Waals surface area (Å²) in [5, 5.41) is 12.8. The number of halogens is 4. The molecule has 4 rings (SSSR count). The Bertz CT molecular complexity index is 1040. The van der Waals surface area contributed by atoms with Gasteiger partial charge in [-0.15, -0.1) is 0 Å². The Morgan fingerprint density at radius 3 is 2.58 bits per heavy atom. The number of piperazine rings is 1. The van der Waals surface area contributed by atoms with E-state index >= 15 is 0 Å². The number of benzene rings is 1. The predicted octanol–water partition coefficient (Wildman–Crippen LogP) is 2.94. The van der Waals surface area contributed by atoms with Crippen LogP contribution in [0.2, 0.25) is 0 Å². The van der Waals surface area contributed by atoms with Crippen LogP contribution in [-0.2, 0) is 16.1 Å². The zero-order chi connectivity index (χ0) is 22.4. The van der Waals surface area contributed by atoms with Crippen molar-refractivity contribution in [3.8, 4) is 0 Å². The average molecular weight is 437 g/mol. The highest BCUT2D eigenvalue weighted by atomic mass is 19.1. The molecule has 2 amide bonds. The normalized spacial score (nSPS) is 23.2. The Kier molecular flexibility index (Phi) is 5.24. The SMILES string of the molecule is CC1C=C(F)CC2CN1C(=O)C1=C(O)CC(C(=O)NCc3c(F)cc(F)cc3F)=CN12. The molecule has 164 valence electrons. The van der Waals surface area contributed by atoms with Crippen LogP contribution in [-0.4, -0.2) is 45.3 Å². The van der Waals surface area contributed by atoms with Crippen LogP contribution < -0.4 is 5.32 Å². The smallest absolute Gasteiger partial charge is 0.274 e. The van der Waals surface area contributed by atoms with Crippen LogP contribution in [0.25, 0.3) is 0 Å². The maximum Gasteiger partial charge on any atom is 0.274 e. The van der Waals surface area contributed by atoms with Crippen molar-refractivity contribution in [3.63, 3.8) is 0 Å². The van der Waals surface area contributed by atoms with Crippen LogP contribution in [0, 0.1) is 17.5 Å². The number of aliphatic hydroxyl groups excluding tert-OH is 1. The maximum absolute atomic E-state index is 14.2. The molecule has 0 saturated carbocycles. The molecule has 2 unspecified atom stereocenters. The Hall–Kier alpha value is -3.30. The van der Waals surface area contributed by atoms with Crippen LogP contribution in [0.3, 0.4) is 0 Å². The Balaban J connectivity index is 1.56. The monoisotopic (exact) mass is 437 g/mol. The van der Waals surface area contributed by atoms with Gasteiger partial charge in [-0.3, -0.25) is 9.59 Å². The van der Waals surface area contributed by atoms with Crippen molar-refractivity contribution in [1.29, 1.82) is 0 Å². The third-order valence-electron chi connectivity index (χ3n) is 5.62. The molecule has 3 heterocycles. The Morgan fingerprint density at radius 2 is 1.90 bits per heavy atom. The number of nitrogens with one attached hydrogen (secondary N) is 1. The number of allylic oxidation sites excluding steroid dienone is 1. The van der Waals surface area contributed by atoms with Crippen molar-refractivity contribution in [3.05, 3.63) is 70.3 Å². The molecule has 1 aromatic carbocycles. The van der Waals surface area contributed by atoms with Gasteiger partial charge in [0.2, 0.25) is 5.91 Å². The molecule has 2 atom stereocenters.